The van der Waals surface area contributed by atoms with Crippen LogP contribution in [0.1, 0.15) is 33.1 Å². The summed E-state index contributed by atoms with van der Waals surface area (Å²) in [5.41, 5.74) is -0.628. The third kappa shape index (κ3) is 4.60. The van der Waals surface area contributed by atoms with E-state index < -0.39 is 5.60 Å². The summed E-state index contributed by atoms with van der Waals surface area (Å²) in [6, 6.07) is 0. The molecular weight excluding hydrogens is 166 g/mol. The highest BCUT2D eigenvalue weighted by Crippen LogP contribution is 2.24. The third-order valence-corrected chi connectivity index (χ3v) is 2.50. The van der Waals surface area contributed by atoms with E-state index in [1.807, 2.05) is 0 Å². The maximum Gasteiger partial charge on any atom is 0.0715 e. The molecule has 13 heavy (non-hydrogen) atoms. The molecule has 0 aromatic rings. The summed E-state index contributed by atoms with van der Waals surface area (Å²) in [6.45, 7) is 5.13. The highest BCUT2D eigenvalue weighted by molar-refractivity contribution is 4.77. The Hall–Kier alpha value is -0.120. The van der Waals surface area contributed by atoms with Crippen LogP contribution >= 0.6 is 0 Å². The fraction of sp³-hybridized carbons (Fsp3) is 1.00. The lowest BCUT2D eigenvalue weighted by molar-refractivity contribution is 0.0786. The fourth-order valence-corrected chi connectivity index (χ4v) is 1.82. The van der Waals surface area contributed by atoms with Crippen LogP contribution in [0.5, 0.6) is 0 Å². The second kappa shape index (κ2) is 4.40. The Morgan fingerprint density at radius 1 is 1.38 bits per heavy atom. The number of nitrogens with one attached hydrogen (secondary N) is 1. The van der Waals surface area contributed by atoms with Crippen molar-refractivity contribution in [1.29, 1.82) is 0 Å². The molecule has 2 atom stereocenters. The molecule has 3 heteroatoms. The van der Waals surface area contributed by atoms with E-state index in [1.54, 1.807) is 13.8 Å². The van der Waals surface area contributed by atoms with Gasteiger partial charge >= 0.3 is 0 Å². The summed E-state index contributed by atoms with van der Waals surface area (Å²) in [5, 5.41) is 21.9. The molecule has 78 valence electrons. The molecule has 3 N–H and O–H groups in total. The largest absolute Gasteiger partial charge is 0.393 e. The molecule has 0 radical (unpaired) electrons. The van der Waals surface area contributed by atoms with Crippen molar-refractivity contribution in [3.05, 3.63) is 0 Å². The molecule has 1 saturated carbocycles. The number of rotatable bonds is 4. The van der Waals surface area contributed by atoms with Crippen molar-refractivity contribution in [1.82, 2.24) is 5.32 Å². The number of aliphatic hydroxyl groups is 2. The normalized spacial score (nSPS) is 29.5. The summed E-state index contributed by atoms with van der Waals surface area (Å²) in [6.07, 6.45) is 2.88. The van der Waals surface area contributed by atoms with Gasteiger partial charge in [0.05, 0.1) is 11.7 Å². The molecule has 1 aliphatic rings. The van der Waals surface area contributed by atoms with E-state index >= 15 is 0 Å². The van der Waals surface area contributed by atoms with Gasteiger partial charge in [-0.3, -0.25) is 0 Å². The van der Waals surface area contributed by atoms with Crippen LogP contribution in [0.2, 0.25) is 0 Å². The standard InChI is InChI=1S/C10H21NO2/c1-10(2,13)7-11-6-8-3-4-9(12)5-8/h8-9,11-13H,3-7H2,1-2H3. The van der Waals surface area contributed by atoms with Crippen LogP contribution in [0, 0.1) is 5.92 Å². The van der Waals surface area contributed by atoms with E-state index in [-0.39, 0.29) is 6.10 Å². The molecule has 0 bridgehead atoms. The Bertz CT molecular complexity index is 153. The zero-order valence-corrected chi connectivity index (χ0v) is 8.58. The predicted molar refractivity (Wildman–Crippen MR) is 52.5 cm³/mol. The first-order valence-corrected chi connectivity index (χ1v) is 5.08. The highest BCUT2D eigenvalue weighted by atomic mass is 16.3. The van der Waals surface area contributed by atoms with Gasteiger partial charge in [0.2, 0.25) is 0 Å². The Balaban J connectivity index is 2.07. The van der Waals surface area contributed by atoms with E-state index in [1.165, 1.54) is 0 Å². The lowest BCUT2D eigenvalue weighted by atomic mass is 10.1. The van der Waals surface area contributed by atoms with Gasteiger partial charge < -0.3 is 15.5 Å². The molecule has 0 spiro atoms. The van der Waals surface area contributed by atoms with Crippen molar-refractivity contribution >= 4 is 0 Å². The first-order chi connectivity index (χ1) is 5.97. The first kappa shape index (κ1) is 11.0. The lowest BCUT2D eigenvalue weighted by Gasteiger charge is -2.19. The topological polar surface area (TPSA) is 52.5 Å². The van der Waals surface area contributed by atoms with E-state index in [0.717, 1.165) is 25.8 Å². The van der Waals surface area contributed by atoms with Crippen molar-refractivity contribution in [2.75, 3.05) is 13.1 Å². The van der Waals surface area contributed by atoms with Crippen LogP contribution in [0.3, 0.4) is 0 Å². The summed E-state index contributed by atoms with van der Waals surface area (Å²) < 4.78 is 0. The smallest absolute Gasteiger partial charge is 0.0715 e. The van der Waals surface area contributed by atoms with Gasteiger partial charge in [0, 0.05) is 6.54 Å². The van der Waals surface area contributed by atoms with E-state index in [0.29, 0.717) is 12.5 Å². The minimum absolute atomic E-state index is 0.0889. The zero-order chi connectivity index (χ0) is 9.90. The molecule has 1 aliphatic carbocycles. The second-order valence-electron chi connectivity index (χ2n) is 4.78. The van der Waals surface area contributed by atoms with Crippen molar-refractivity contribution < 1.29 is 10.2 Å². The van der Waals surface area contributed by atoms with Gasteiger partial charge in [0.1, 0.15) is 0 Å². The minimum atomic E-state index is -0.628. The van der Waals surface area contributed by atoms with E-state index in [4.69, 9.17) is 0 Å². The third-order valence-electron chi connectivity index (χ3n) is 2.50. The van der Waals surface area contributed by atoms with Gasteiger partial charge in [-0.2, -0.15) is 0 Å². The number of hydrogen-bond donors (Lipinski definition) is 3. The molecule has 0 aliphatic heterocycles. The molecule has 0 aromatic carbocycles. The molecule has 0 amide bonds. The van der Waals surface area contributed by atoms with Crippen LogP contribution in [-0.2, 0) is 0 Å². The maximum absolute atomic E-state index is 9.43. The molecule has 0 saturated heterocycles. The summed E-state index contributed by atoms with van der Waals surface area (Å²) in [7, 11) is 0. The van der Waals surface area contributed by atoms with Gasteiger partial charge in [-0.05, 0) is 45.6 Å². The van der Waals surface area contributed by atoms with Crippen LogP contribution in [-0.4, -0.2) is 35.0 Å². The van der Waals surface area contributed by atoms with Gasteiger partial charge in [0.15, 0.2) is 0 Å². The summed E-state index contributed by atoms with van der Waals surface area (Å²) in [5.74, 6) is 0.595. The van der Waals surface area contributed by atoms with Gasteiger partial charge in [0.25, 0.3) is 0 Å². The van der Waals surface area contributed by atoms with Gasteiger partial charge in [-0.25, -0.2) is 0 Å². The second-order valence-corrected chi connectivity index (χ2v) is 4.78. The molecule has 1 rings (SSSR count). The minimum Gasteiger partial charge on any atom is -0.393 e. The Kier molecular flexibility index (Phi) is 3.71. The highest BCUT2D eigenvalue weighted by Gasteiger charge is 2.22. The number of hydrogen-bond acceptors (Lipinski definition) is 3. The van der Waals surface area contributed by atoms with Crippen molar-refractivity contribution in [3.8, 4) is 0 Å². The van der Waals surface area contributed by atoms with E-state index in [9.17, 15) is 10.2 Å². The monoisotopic (exact) mass is 187 g/mol. The van der Waals surface area contributed by atoms with Gasteiger partial charge in [-0.1, -0.05) is 0 Å². The van der Waals surface area contributed by atoms with Gasteiger partial charge in [-0.15, -0.1) is 0 Å². The summed E-state index contributed by atoms with van der Waals surface area (Å²) in [4.78, 5) is 0. The maximum atomic E-state index is 9.43. The van der Waals surface area contributed by atoms with Crippen molar-refractivity contribution in [2.24, 2.45) is 5.92 Å². The zero-order valence-electron chi connectivity index (χ0n) is 8.58. The molecule has 1 fully saturated rings. The van der Waals surface area contributed by atoms with Crippen LogP contribution in [0.25, 0.3) is 0 Å². The average molecular weight is 187 g/mol. The Morgan fingerprint density at radius 2 is 2.08 bits per heavy atom. The Labute approximate surface area is 80.2 Å². The molecule has 2 unspecified atom stereocenters. The van der Waals surface area contributed by atoms with Crippen LogP contribution < -0.4 is 5.32 Å². The predicted octanol–water partition coefficient (Wildman–Crippen LogP) is 0.508. The molecule has 0 aromatic heterocycles. The first-order valence-electron chi connectivity index (χ1n) is 5.08. The quantitative estimate of drug-likeness (QED) is 0.601. The lowest BCUT2D eigenvalue weighted by Crippen LogP contribution is -2.36. The molecular formula is C10H21NO2. The van der Waals surface area contributed by atoms with Crippen LogP contribution in [0.4, 0.5) is 0 Å². The van der Waals surface area contributed by atoms with E-state index in [2.05, 4.69) is 5.32 Å². The fourth-order valence-electron chi connectivity index (χ4n) is 1.82. The van der Waals surface area contributed by atoms with Crippen LogP contribution in [0.15, 0.2) is 0 Å². The Morgan fingerprint density at radius 3 is 2.54 bits per heavy atom. The molecule has 3 nitrogen and oxygen atoms in total. The summed E-state index contributed by atoms with van der Waals surface area (Å²) >= 11 is 0. The van der Waals surface area contributed by atoms with Crippen molar-refractivity contribution in [2.45, 2.75) is 44.8 Å². The number of aliphatic hydroxyl groups excluding tert-OH is 1. The SMILES string of the molecule is CC(C)(O)CNCC1CCC(O)C1. The van der Waals surface area contributed by atoms with Crippen molar-refractivity contribution in [3.63, 3.8) is 0 Å². The molecule has 0 heterocycles. The average Bonchev–Trinajstić information content (AvgIpc) is 2.33.